The average molecular weight is 295 g/mol. The Labute approximate surface area is 123 Å². The molecular formula is C13H21N5OS. The maximum absolute atomic E-state index is 5.31. The number of nitrogens with one attached hydrogen (secondary N) is 1. The van der Waals surface area contributed by atoms with Crippen molar-refractivity contribution in [1.82, 2.24) is 20.1 Å². The summed E-state index contributed by atoms with van der Waals surface area (Å²) < 4.78 is 7.25. The van der Waals surface area contributed by atoms with E-state index in [-0.39, 0.29) is 0 Å². The fourth-order valence-corrected chi connectivity index (χ4v) is 2.71. The number of rotatable bonds is 8. The minimum absolute atomic E-state index is 0.721. The van der Waals surface area contributed by atoms with Crippen LogP contribution < -0.4 is 15.0 Å². The van der Waals surface area contributed by atoms with E-state index in [4.69, 9.17) is 4.74 Å². The quantitative estimate of drug-likeness (QED) is 0.750. The monoisotopic (exact) mass is 295 g/mol. The fourth-order valence-electron chi connectivity index (χ4n) is 1.79. The van der Waals surface area contributed by atoms with Crippen LogP contribution in [0.5, 0.6) is 5.88 Å². The molecule has 1 N–H and O–H groups in total. The largest absolute Gasteiger partial charge is 0.480 e. The topological polar surface area (TPSA) is 55.2 Å². The Hall–Kier alpha value is -1.60. The molecular weight excluding hydrogens is 274 g/mol. The van der Waals surface area contributed by atoms with Gasteiger partial charge in [-0.05, 0) is 19.0 Å². The number of aryl methyl sites for hydroxylation is 1. The molecule has 0 bridgehead atoms. The van der Waals surface area contributed by atoms with E-state index < -0.39 is 0 Å². The second-order valence-corrected chi connectivity index (χ2v) is 5.68. The van der Waals surface area contributed by atoms with Crippen molar-refractivity contribution in [2.75, 3.05) is 32.6 Å². The van der Waals surface area contributed by atoms with Crippen molar-refractivity contribution >= 4 is 16.5 Å². The SMILES string of the molecule is COc1nc(N(C)C)sc1CNCCCn1cccn1. The molecule has 110 valence electrons. The van der Waals surface area contributed by atoms with Gasteiger partial charge in [0.15, 0.2) is 5.13 Å². The molecule has 2 heterocycles. The van der Waals surface area contributed by atoms with Gasteiger partial charge >= 0.3 is 0 Å². The summed E-state index contributed by atoms with van der Waals surface area (Å²) in [6.07, 6.45) is 4.83. The molecule has 7 heteroatoms. The van der Waals surface area contributed by atoms with E-state index in [1.165, 1.54) is 0 Å². The molecule has 0 amide bonds. The molecule has 2 aromatic heterocycles. The van der Waals surface area contributed by atoms with E-state index in [0.717, 1.165) is 41.9 Å². The molecule has 0 saturated heterocycles. The Kier molecular flexibility index (Phi) is 5.37. The van der Waals surface area contributed by atoms with E-state index >= 15 is 0 Å². The second-order valence-electron chi connectivity index (χ2n) is 4.62. The van der Waals surface area contributed by atoms with Gasteiger partial charge in [-0.2, -0.15) is 10.1 Å². The van der Waals surface area contributed by atoms with Crippen LogP contribution in [0.3, 0.4) is 0 Å². The number of aromatic nitrogens is 3. The van der Waals surface area contributed by atoms with Crippen LogP contribution in [0.25, 0.3) is 0 Å². The van der Waals surface area contributed by atoms with Gasteiger partial charge in [-0.3, -0.25) is 4.68 Å². The van der Waals surface area contributed by atoms with Crippen molar-refractivity contribution in [3.8, 4) is 5.88 Å². The lowest BCUT2D eigenvalue weighted by atomic mass is 10.4. The van der Waals surface area contributed by atoms with Gasteiger partial charge in [0, 0.05) is 39.6 Å². The molecule has 20 heavy (non-hydrogen) atoms. The third-order valence-electron chi connectivity index (χ3n) is 2.81. The van der Waals surface area contributed by atoms with Crippen LogP contribution in [0.15, 0.2) is 18.5 Å². The van der Waals surface area contributed by atoms with Crippen LogP contribution in [-0.4, -0.2) is 42.5 Å². The van der Waals surface area contributed by atoms with E-state index in [0.29, 0.717) is 0 Å². The lowest BCUT2D eigenvalue weighted by Crippen LogP contribution is -2.16. The summed E-state index contributed by atoms with van der Waals surface area (Å²) in [5, 5.41) is 8.57. The highest BCUT2D eigenvalue weighted by atomic mass is 32.1. The van der Waals surface area contributed by atoms with Crippen LogP contribution in [-0.2, 0) is 13.1 Å². The van der Waals surface area contributed by atoms with Crippen molar-refractivity contribution in [3.63, 3.8) is 0 Å². The standard InChI is InChI=1S/C13H21N5OS/c1-17(2)13-16-12(19-3)11(20-13)10-14-6-4-8-18-9-5-7-15-18/h5,7,9,14H,4,6,8,10H2,1-3H3. The summed E-state index contributed by atoms with van der Waals surface area (Å²) in [6, 6.07) is 1.94. The van der Waals surface area contributed by atoms with E-state index in [1.54, 1.807) is 24.6 Å². The highest BCUT2D eigenvalue weighted by Crippen LogP contribution is 2.30. The summed E-state index contributed by atoms with van der Waals surface area (Å²) in [7, 11) is 5.63. The third-order valence-corrected chi connectivity index (χ3v) is 4.02. The molecule has 0 aliphatic carbocycles. The maximum atomic E-state index is 5.31. The minimum Gasteiger partial charge on any atom is -0.480 e. The first-order chi connectivity index (χ1) is 9.70. The summed E-state index contributed by atoms with van der Waals surface area (Å²) in [4.78, 5) is 7.56. The van der Waals surface area contributed by atoms with Crippen LogP contribution in [0.2, 0.25) is 0 Å². The summed E-state index contributed by atoms with van der Waals surface area (Å²) in [5.41, 5.74) is 0. The van der Waals surface area contributed by atoms with Gasteiger partial charge in [-0.25, -0.2) is 0 Å². The van der Waals surface area contributed by atoms with Crippen molar-refractivity contribution in [1.29, 1.82) is 0 Å². The number of ether oxygens (including phenoxy) is 1. The second kappa shape index (κ2) is 7.25. The highest BCUT2D eigenvalue weighted by Gasteiger charge is 2.12. The summed E-state index contributed by atoms with van der Waals surface area (Å²) >= 11 is 1.66. The molecule has 0 fully saturated rings. The van der Waals surface area contributed by atoms with Crippen LogP contribution in [0.4, 0.5) is 5.13 Å². The van der Waals surface area contributed by atoms with Gasteiger partial charge in [0.25, 0.3) is 0 Å². The Morgan fingerprint density at radius 2 is 2.30 bits per heavy atom. The van der Waals surface area contributed by atoms with Crippen molar-refractivity contribution < 1.29 is 4.74 Å². The minimum atomic E-state index is 0.721. The third kappa shape index (κ3) is 3.94. The Bertz CT molecular complexity index is 509. The van der Waals surface area contributed by atoms with Crippen molar-refractivity contribution in [2.24, 2.45) is 0 Å². The normalized spacial score (nSPS) is 10.8. The molecule has 2 rings (SSSR count). The predicted molar refractivity (Wildman–Crippen MR) is 81.5 cm³/mol. The number of hydrogen-bond acceptors (Lipinski definition) is 6. The number of thiazole rings is 1. The van der Waals surface area contributed by atoms with E-state index in [2.05, 4.69) is 15.4 Å². The average Bonchev–Trinajstić information content (AvgIpc) is 3.07. The molecule has 0 spiro atoms. The van der Waals surface area contributed by atoms with Crippen LogP contribution in [0, 0.1) is 0 Å². The lowest BCUT2D eigenvalue weighted by Gasteiger charge is -2.05. The molecule has 0 unspecified atom stereocenters. The number of nitrogens with zero attached hydrogens (tertiary/aromatic N) is 4. The number of methoxy groups -OCH3 is 1. The zero-order chi connectivity index (χ0) is 14.4. The number of hydrogen-bond donors (Lipinski definition) is 1. The summed E-state index contributed by atoms with van der Waals surface area (Å²) in [6.45, 7) is 2.66. The summed E-state index contributed by atoms with van der Waals surface area (Å²) in [5.74, 6) is 0.721. The predicted octanol–water partition coefficient (Wildman–Crippen LogP) is 1.59. The smallest absolute Gasteiger partial charge is 0.230 e. The van der Waals surface area contributed by atoms with Crippen LogP contribution in [0.1, 0.15) is 11.3 Å². The van der Waals surface area contributed by atoms with Gasteiger partial charge in [0.2, 0.25) is 5.88 Å². The first-order valence-corrected chi connectivity index (χ1v) is 7.41. The first kappa shape index (κ1) is 14.8. The van der Waals surface area contributed by atoms with Gasteiger partial charge < -0.3 is 15.0 Å². The van der Waals surface area contributed by atoms with E-state index in [9.17, 15) is 0 Å². The maximum Gasteiger partial charge on any atom is 0.230 e. The highest BCUT2D eigenvalue weighted by molar-refractivity contribution is 7.15. The van der Waals surface area contributed by atoms with Gasteiger partial charge in [-0.15, -0.1) is 0 Å². The molecule has 2 aromatic rings. The number of anilines is 1. The molecule has 0 radical (unpaired) electrons. The first-order valence-electron chi connectivity index (χ1n) is 6.60. The zero-order valence-electron chi connectivity index (χ0n) is 12.2. The molecule has 0 atom stereocenters. The molecule has 0 aliphatic heterocycles. The molecule has 0 aliphatic rings. The molecule has 0 aromatic carbocycles. The Morgan fingerprint density at radius 1 is 1.45 bits per heavy atom. The van der Waals surface area contributed by atoms with E-state index in [1.807, 2.05) is 35.9 Å². The van der Waals surface area contributed by atoms with Crippen LogP contribution >= 0.6 is 11.3 Å². The van der Waals surface area contributed by atoms with Crippen molar-refractivity contribution in [2.45, 2.75) is 19.5 Å². The zero-order valence-corrected chi connectivity index (χ0v) is 13.0. The fraction of sp³-hybridized carbons (Fsp3) is 0.538. The Balaban J connectivity index is 1.75. The molecule has 0 saturated carbocycles. The van der Waals surface area contributed by atoms with Gasteiger partial charge in [0.1, 0.15) is 0 Å². The van der Waals surface area contributed by atoms with Gasteiger partial charge in [-0.1, -0.05) is 11.3 Å². The lowest BCUT2D eigenvalue weighted by molar-refractivity contribution is 0.394. The molecule has 6 nitrogen and oxygen atoms in total. The van der Waals surface area contributed by atoms with Gasteiger partial charge in [0.05, 0.1) is 12.0 Å². The van der Waals surface area contributed by atoms with Crippen molar-refractivity contribution in [3.05, 3.63) is 23.3 Å². The Morgan fingerprint density at radius 3 is 2.95 bits per heavy atom.